The summed E-state index contributed by atoms with van der Waals surface area (Å²) in [5.41, 5.74) is 5.66. The summed E-state index contributed by atoms with van der Waals surface area (Å²) < 4.78 is 5.32. The van der Waals surface area contributed by atoms with Crippen molar-refractivity contribution in [1.29, 1.82) is 5.26 Å². The molecular weight excluding hydrogens is 192 g/mol. The molecule has 0 heterocycles. The van der Waals surface area contributed by atoms with Crippen molar-refractivity contribution < 1.29 is 9.53 Å². The Morgan fingerprint density at radius 2 is 2.13 bits per heavy atom. The molecule has 0 radical (unpaired) electrons. The Hall–Kier alpha value is -2.02. The minimum absolute atomic E-state index is 0.251. The molecule has 0 bridgehead atoms. The summed E-state index contributed by atoms with van der Waals surface area (Å²) in [6.45, 7) is 1.95. The maximum Gasteiger partial charge on any atom is 0.223 e. The number of primary amides is 1. The first-order valence-electron chi connectivity index (χ1n) is 4.55. The van der Waals surface area contributed by atoms with Crippen LogP contribution in [0, 0.1) is 17.2 Å². The van der Waals surface area contributed by atoms with E-state index in [0.29, 0.717) is 11.3 Å². The highest BCUT2D eigenvalue weighted by Crippen LogP contribution is 2.12. The van der Waals surface area contributed by atoms with Crippen molar-refractivity contribution in [3.8, 4) is 11.8 Å². The summed E-state index contributed by atoms with van der Waals surface area (Å²) in [5.74, 6) is -0.0774. The van der Waals surface area contributed by atoms with Gasteiger partial charge in [-0.25, -0.2) is 0 Å². The monoisotopic (exact) mass is 204 g/mol. The van der Waals surface area contributed by atoms with E-state index in [1.165, 1.54) is 0 Å². The quantitative estimate of drug-likeness (QED) is 0.796. The van der Waals surface area contributed by atoms with Gasteiger partial charge in [0.15, 0.2) is 0 Å². The smallest absolute Gasteiger partial charge is 0.223 e. The zero-order chi connectivity index (χ0) is 11.3. The van der Waals surface area contributed by atoms with Crippen LogP contribution in [0.2, 0.25) is 0 Å². The van der Waals surface area contributed by atoms with Crippen molar-refractivity contribution in [1.82, 2.24) is 0 Å². The van der Waals surface area contributed by atoms with Crippen LogP contribution in [0.4, 0.5) is 0 Å². The summed E-state index contributed by atoms with van der Waals surface area (Å²) in [7, 11) is 0. The largest absolute Gasteiger partial charge is 0.493 e. The number of hydrogen-bond donors (Lipinski definition) is 1. The third-order valence-electron chi connectivity index (χ3n) is 1.97. The topological polar surface area (TPSA) is 76.1 Å². The van der Waals surface area contributed by atoms with Crippen LogP contribution in [-0.4, -0.2) is 12.5 Å². The number of amides is 1. The Bertz CT molecular complexity index is 379. The van der Waals surface area contributed by atoms with Gasteiger partial charge in [0, 0.05) is 0 Å². The van der Waals surface area contributed by atoms with Crippen molar-refractivity contribution in [2.75, 3.05) is 6.61 Å². The molecule has 0 saturated carbocycles. The van der Waals surface area contributed by atoms with Crippen molar-refractivity contribution in [3.63, 3.8) is 0 Å². The minimum Gasteiger partial charge on any atom is -0.493 e. The number of nitrogens with two attached hydrogens (primary N) is 1. The van der Waals surface area contributed by atoms with Crippen LogP contribution >= 0.6 is 0 Å². The lowest BCUT2D eigenvalue weighted by Gasteiger charge is -2.09. The molecule has 1 rings (SSSR count). The Morgan fingerprint density at radius 3 is 2.60 bits per heavy atom. The zero-order valence-corrected chi connectivity index (χ0v) is 8.43. The molecule has 0 aliphatic heterocycles. The molecule has 78 valence electrons. The van der Waals surface area contributed by atoms with Crippen molar-refractivity contribution >= 4 is 5.91 Å². The highest BCUT2D eigenvalue weighted by molar-refractivity contribution is 5.76. The van der Waals surface area contributed by atoms with Crippen LogP contribution in [0.15, 0.2) is 24.3 Å². The van der Waals surface area contributed by atoms with E-state index >= 15 is 0 Å². The van der Waals surface area contributed by atoms with Crippen LogP contribution in [0.3, 0.4) is 0 Å². The fourth-order valence-electron chi connectivity index (χ4n) is 0.929. The molecule has 0 fully saturated rings. The van der Waals surface area contributed by atoms with Gasteiger partial charge >= 0.3 is 0 Å². The number of nitriles is 1. The van der Waals surface area contributed by atoms with E-state index in [2.05, 4.69) is 0 Å². The Balaban J connectivity index is 2.52. The third kappa shape index (κ3) is 3.31. The molecule has 0 saturated heterocycles. The van der Waals surface area contributed by atoms with Crippen molar-refractivity contribution in [2.24, 2.45) is 11.7 Å². The van der Waals surface area contributed by atoms with Gasteiger partial charge in [-0.1, -0.05) is 6.92 Å². The third-order valence-corrected chi connectivity index (χ3v) is 1.97. The van der Waals surface area contributed by atoms with E-state index in [-0.39, 0.29) is 18.4 Å². The molecule has 0 aliphatic rings. The molecule has 15 heavy (non-hydrogen) atoms. The predicted octanol–water partition coefficient (Wildman–Crippen LogP) is 1.06. The molecule has 1 atom stereocenters. The van der Waals surface area contributed by atoms with E-state index in [4.69, 9.17) is 15.7 Å². The maximum atomic E-state index is 10.7. The molecule has 1 aromatic rings. The minimum atomic E-state index is -0.386. The summed E-state index contributed by atoms with van der Waals surface area (Å²) in [6, 6.07) is 8.70. The van der Waals surface area contributed by atoms with Gasteiger partial charge in [0.05, 0.1) is 24.2 Å². The second-order valence-corrected chi connectivity index (χ2v) is 3.25. The molecular formula is C11H12N2O2. The summed E-state index contributed by atoms with van der Waals surface area (Å²) in [5, 5.41) is 8.57. The van der Waals surface area contributed by atoms with Crippen LogP contribution in [-0.2, 0) is 4.79 Å². The molecule has 1 unspecified atom stereocenters. The second kappa shape index (κ2) is 5.01. The summed E-state index contributed by atoms with van der Waals surface area (Å²) in [4.78, 5) is 10.7. The van der Waals surface area contributed by atoms with Crippen LogP contribution in [0.25, 0.3) is 0 Å². The highest BCUT2D eigenvalue weighted by Gasteiger charge is 2.08. The van der Waals surface area contributed by atoms with Gasteiger partial charge in [0.2, 0.25) is 5.91 Å². The molecule has 4 heteroatoms. The van der Waals surface area contributed by atoms with Gasteiger partial charge in [-0.05, 0) is 24.3 Å². The van der Waals surface area contributed by atoms with E-state index in [1.54, 1.807) is 31.2 Å². The first-order valence-corrected chi connectivity index (χ1v) is 4.55. The second-order valence-electron chi connectivity index (χ2n) is 3.25. The fraction of sp³-hybridized carbons (Fsp3) is 0.273. The number of ether oxygens (including phenoxy) is 1. The number of nitrogens with zero attached hydrogens (tertiary/aromatic N) is 1. The van der Waals surface area contributed by atoms with E-state index < -0.39 is 0 Å². The van der Waals surface area contributed by atoms with Crippen molar-refractivity contribution in [3.05, 3.63) is 29.8 Å². The van der Waals surface area contributed by atoms with Crippen LogP contribution < -0.4 is 10.5 Å². The van der Waals surface area contributed by atoms with E-state index in [9.17, 15) is 4.79 Å². The summed E-state index contributed by atoms with van der Waals surface area (Å²) in [6.07, 6.45) is 0. The average Bonchev–Trinajstić information content (AvgIpc) is 2.26. The van der Waals surface area contributed by atoms with Gasteiger partial charge in [0.1, 0.15) is 5.75 Å². The molecule has 1 amide bonds. The lowest BCUT2D eigenvalue weighted by molar-refractivity contribution is -0.122. The number of carbonyl (C=O) groups excluding carboxylic acids is 1. The van der Waals surface area contributed by atoms with Crippen LogP contribution in [0.1, 0.15) is 12.5 Å². The predicted molar refractivity (Wildman–Crippen MR) is 55.0 cm³/mol. The Morgan fingerprint density at radius 1 is 1.53 bits per heavy atom. The lowest BCUT2D eigenvalue weighted by atomic mass is 10.2. The molecule has 0 aliphatic carbocycles. The van der Waals surface area contributed by atoms with Gasteiger partial charge < -0.3 is 10.5 Å². The molecule has 4 nitrogen and oxygen atoms in total. The lowest BCUT2D eigenvalue weighted by Crippen LogP contribution is -2.25. The van der Waals surface area contributed by atoms with Gasteiger partial charge in [0.25, 0.3) is 0 Å². The standard InChI is InChI=1S/C11H12N2O2/c1-8(11(13)14)7-15-10-4-2-9(6-12)3-5-10/h2-5,8H,7H2,1H3,(H2,13,14). The molecule has 2 N–H and O–H groups in total. The molecule has 0 aromatic heterocycles. The Kier molecular flexibility index (Phi) is 3.69. The highest BCUT2D eigenvalue weighted by atomic mass is 16.5. The van der Waals surface area contributed by atoms with E-state index in [0.717, 1.165) is 0 Å². The van der Waals surface area contributed by atoms with Gasteiger partial charge in [-0.3, -0.25) is 4.79 Å². The number of benzene rings is 1. The first-order chi connectivity index (χ1) is 7.13. The Labute approximate surface area is 88.3 Å². The zero-order valence-electron chi connectivity index (χ0n) is 8.43. The maximum absolute atomic E-state index is 10.7. The SMILES string of the molecule is CC(COc1ccc(C#N)cc1)C(N)=O. The first kappa shape index (κ1) is 11.1. The summed E-state index contributed by atoms with van der Waals surface area (Å²) >= 11 is 0. The fourth-order valence-corrected chi connectivity index (χ4v) is 0.929. The van der Waals surface area contributed by atoms with Gasteiger partial charge in [-0.2, -0.15) is 5.26 Å². The average molecular weight is 204 g/mol. The number of hydrogen-bond acceptors (Lipinski definition) is 3. The number of rotatable bonds is 4. The normalized spacial score (nSPS) is 11.5. The van der Waals surface area contributed by atoms with Crippen molar-refractivity contribution in [2.45, 2.75) is 6.92 Å². The number of carbonyl (C=O) groups is 1. The van der Waals surface area contributed by atoms with Gasteiger partial charge in [-0.15, -0.1) is 0 Å². The van der Waals surface area contributed by atoms with Crippen LogP contribution in [0.5, 0.6) is 5.75 Å². The molecule has 1 aromatic carbocycles. The van der Waals surface area contributed by atoms with E-state index in [1.807, 2.05) is 6.07 Å². The molecule has 0 spiro atoms.